The van der Waals surface area contributed by atoms with E-state index in [1.165, 1.54) is 77.0 Å². The van der Waals surface area contributed by atoms with Gasteiger partial charge in [-0.1, -0.05) is 0 Å². The molecule has 0 saturated carbocycles. The van der Waals surface area contributed by atoms with Crippen LogP contribution in [0.2, 0.25) is 8.73 Å². The maximum absolute atomic E-state index is 11.9. The van der Waals surface area contributed by atoms with E-state index in [0.717, 1.165) is 8.73 Å². The average molecular weight is 364 g/mol. The molecule has 0 rings (SSSR count). The summed E-state index contributed by atoms with van der Waals surface area (Å²) in [6.07, 6.45) is 16.0. The fourth-order valence-corrected chi connectivity index (χ4v) is 6.18. The molecule has 0 aliphatic rings. The van der Waals surface area contributed by atoms with Gasteiger partial charge in [-0.2, -0.15) is 0 Å². The van der Waals surface area contributed by atoms with E-state index in [1.54, 1.807) is 0 Å². The molecule has 0 atom stereocenters. The number of hydrogen-bond donors (Lipinski definition) is 0. The van der Waals surface area contributed by atoms with E-state index < -0.39 is 20.2 Å². The van der Waals surface area contributed by atoms with Crippen LogP contribution in [0.4, 0.5) is 0 Å². The minimum absolute atomic E-state index is 1.10. The first-order chi connectivity index (χ1) is 8.81. The molecule has 109 valence electrons. The minimum atomic E-state index is -1.98. The molecule has 1 radical (unpaired) electrons. The van der Waals surface area contributed by atoms with Crippen LogP contribution < -0.4 is 0 Å². The van der Waals surface area contributed by atoms with Crippen molar-refractivity contribution in [3.8, 4) is 0 Å². The van der Waals surface area contributed by atoms with Gasteiger partial charge in [-0.15, -0.1) is 0 Å². The summed E-state index contributed by atoms with van der Waals surface area (Å²) in [5, 5.41) is 0. The molecule has 18 heavy (non-hydrogen) atoms. The molecule has 0 saturated heterocycles. The van der Waals surface area contributed by atoms with Crippen LogP contribution >= 0.6 is 0 Å². The summed E-state index contributed by atoms with van der Waals surface area (Å²) in [5.74, 6) is 0. The van der Waals surface area contributed by atoms with Gasteiger partial charge < -0.3 is 0 Å². The van der Waals surface area contributed by atoms with Gasteiger partial charge in [0.25, 0.3) is 0 Å². The predicted octanol–water partition coefficient (Wildman–Crippen LogP) is 6.13. The third kappa shape index (κ3) is 14.7. The number of unbranched alkanes of at least 4 members (excludes halogenated alkanes) is 10. The van der Waals surface area contributed by atoms with Gasteiger partial charge in [0.1, 0.15) is 0 Å². The van der Waals surface area contributed by atoms with Gasteiger partial charge in [0.15, 0.2) is 0 Å². The first kappa shape index (κ1) is 18.6. The van der Waals surface area contributed by atoms with Gasteiger partial charge in [0.2, 0.25) is 0 Å². The van der Waals surface area contributed by atoms with Crippen LogP contribution in [0.15, 0.2) is 0 Å². The SMILES string of the molecule is CCCCCCC[CH2][Sb](=[O])[CH2]CCCCCCC. The first-order valence-corrected chi connectivity index (χ1v) is 12.9. The third-order valence-electron chi connectivity index (χ3n) is 3.52. The van der Waals surface area contributed by atoms with Crippen molar-refractivity contribution in [3.63, 3.8) is 0 Å². The second kappa shape index (κ2) is 15.7. The zero-order valence-electron chi connectivity index (χ0n) is 12.8. The molecule has 0 bridgehead atoms. The van der Waals surface area contributed by atoms with E-state index in [1.807, 2.05) is 0 Å². The first-order valence-electron chi connectivity index (χ1n) is 8.23. The van der Waals surface area contributed by atoms with Crippen molar-refractivity contribution in [1.29, 1.82) is 0 Å². The molecule has 0 unspecified atom stereocenters. The van der Waals surface area contributed by atoms with Gasteiger partial charge >= 0.3 is 123 Å². The van der Waals surface area contributed by atoms with Crippen LogP contribution in [0.1, 0.15) is 90.9 Å². The molecule has 0 N–H and O–H groups in total. The Bertz CT molecular complexity index is 162. The molecule has 2 heteroatoms. The van der Waals surface area contributed by atoms with Crippen molar-refractivity contribution in [2.45, 2.75) is 99.6 Å². The Morgan fingerprint density at radius 1 is 0.556 bits per heavy atom. The topological polar surface area (TPSA) is 17.1 Å². The number of rotatable bonds is 14. The van der Waals surface area contributed by atoms with E-state index in [-0.39, 0.29) is 0 Å². The maximum atomic E-state index is 11.9. The summed E-state index contributed by atoms with van der Waals surface area (Å²) < 4.78 is 14.1. The van der Waals surface area contributed by atoms with Crippen LogP contribution in [0.5, 0.6) is 0 Å². The summed E-state index contributed by atoms with van der Waals surface area (Å²) in [5.41, 5.74) is 0. The third-order valence-corrected chi connectivity index (χ3v) is 8.17. The summed E-state index contributed by atoms with van der Waals surface area (Å²) in [7, 11) is 0. The van der Waals surface area contributed by atoms with Crippen molar-refractivity contribution in [1.82, 2.24) is 0 Å². The molecule has 0 fully saturated rings. The Morgan fingerprint density at radius 3 is 1.28 bits per heavy atom. The predicted molar refractivity (Wildman–Crippen MR) is 82.8 cm³/mol. The molecule has 0 aliphatic heterocycles. The number of hydrogen-bond acceptors (Lipinski definition) is 1. The fraction of sp³-hybridized carbons (Fsp3) is 1.00. The van der Waals surface area contributed by atoms with E-state index in [2.05, 4.69) is 13.8 Å². The van der Waals surface area contributed by atoms with Crippen LogP contribution in [-0.2, 0) is 3.02 Å². The standard InChI is InChI=1S/2C8H17.O.Sb/c2*1-3-5-7-8-6-4-2;;/h2*1,3-8H2,2H3;;. The van der Waals surface area contributed by atoms with Crippen molar-refractivity contribution in [2.75, 3.05) is 0 Å². The fourth-order valence-electron chi connectivity index (χ4n) is 2.25. The Morgan fingerprint density at radius 2 is 0.889 bits per heavy atom. The Labute approximate surface area is 122 Å². The molecule has 0 aromatic heterocycles. The van der Waals surface area contributed by atoms with Gasteiger partial charge in [0, 0.05) is 0 Å². The molecule has 0 aromatic rings. The summed E-state index contributed by atoms with van der Waals surface area (Å²) in [4.78, 5) is 0. The molecular weight excluding hydrogens is 330 g/mol. The molecule has 0 aliphatic carbocycles. The van der Waals surface area contributed by atoms with Gasteiger partial charge in [-0.25, -0.2) is 0 Å². The molecular formula is C16H34OSb. The normalized spacial score (nSPS) is 10.8. The summed E-state index contributed by atoms with van der Waals surface area (Å²) >= 11 is -1.98. The van der Waals surface area contributed by atoms with Crippen LogP contribution in [0, 0.1) is 0 Å². The molecule has 0 aromatic carbocycles. The molecule has 1 nitrogen and oxygen atoms in total. The zero-order valence-corrected chi connectivity index (χ0v) is 15.3. The van der Waals surface area contributed by atoms with E-state index in [0.29, 0.717) is 0 Å². The van der Waals surface area contributed by atoms with Crippen LogP contribution in [0.3, 0.4) is 0 Å². The van der Waals surface area contributed by atoms with Crippen LogP contribution in [0.25, 0.3) is 0 Å². The quantitative estimate of drug-likeness (QED) is 0.268. The van der Waals surface area contributed by atoms with Gasteiger partial charge in [0.05, 0.1) is 0 Å². The van der Waals surface area contributed by atoms with Crippen molar-refractivity contribution in [3.05, 3.63) is 0 Å². The van der Waals surface area contributed by atoms with E-state index in [9.17, 15) is 3.02 Å². The Hall–Kier alpha value is 0.618. The van der Waals surface area contributed by atoms with E-state index in [4.69, 9.17) is 0 Å². The van der Waals surface area contributed by atoms with Crippen LogP contribution in [-0.4, -0.2) is 20.2 Å². The van der Waals surface area contributed by atoms with E-state index >= 15 is 0 Å². The molecule has 0 heterocycles. The second-order valence-corrected chi connectivity index (χ2v) is 10.8. The van der Waals surface area contributed by atoms with Gasteiger partial charge in [-0.05, 0) is 0 Å². The molecule has 0 amide bonds. The Kier molecular flexibility index (Phi) is 16.2. The zero-order chi connectivity index (χ0) is 13.5. The Balaban J connectivity index is 3.12. The average Bonchev–Trinajstić information content (AvgIpc) is 2.38. The van der Waals surface area contributed by atoms with Crippen molar-refractivity contribution in [2.24, 2.45) is 0 Å². The van der Waals surface area contributed by atoms with Crippen molar-refractivity contribution < 1.29 is 3.02 Å². The monoisotopic (exact) mass is 363 g/mol. The molecule has 0 spiro atoms. The summed E-state index contributed by atoms with van der Waals surface area (Å²) in [6, 6.07) is 0. The second-order valence-electron chi connectivity index (χ2n) is 5.46. The summed E-state index contributed by atoms with van der Waals surface area (Å²) in [6.45, 7) is 4.51. The van der Waals surface area contributed by atoms with Crippen molar-refractivity contribution >= 4 is 20.2 Å². The van der Waals surface area contributed by atoms with Gasteiger partial charge in [-0.3, -0.25) is 0 Å².